The average Bonchev–Trinajstić information content (AvgIpc) is 3.51. The van der Waals surface area contributed by atoms with E-state index in [1.54, 1.807) is 11.3 Å². The van der Waals surface area contributed by atoms with Crippen LogP contribution in [0.4, 0.5) is 0 Å². The van der Waals surface area contributed by atoms with E-state index in [1.807, 2.05) is 64.4 Å². The van der Waals surface area contributed by atoms with Gasteiger partial charge in [-0.15, -0.1) is 23.7 Å². The Bertz CT molecular complexity index is 1210. The van der Waals surface area contributed by atoms with Crippen molar-refractivity contribution in [2.45, 2.75) is 97.4 Å². The number of nitrogens with zero attached hydrogens (tertiary/aromatic N) is 2. The fraction of sp³-hybridized carbons (Fsp3) is 0.548. The summed E-state index contributed by atoms with van der Waals surface area (Å²) in [5.41, 5.74) is 4.21. The molecule has 9 heteroatoms. The number of nitrogens with one attached hydrogen (secondary N) is 2. The quantitative estimate of drug-likeness (QED) is 0.276. The monoisotopic (exact) mass is 566 g/mol. The maximum Gasteiger partial charge on any atom is 0.246 e. The van der Waals surface area contributed by atoms with Gasteiger partial charge in [0.25, 0.3) is 0 Å². The van der Waals surface area contributed by atoms with E-state index in [0.29, 0.717) is 19.3 Å². The SMILES string of the molecule is C#CCCCCCC(=O)NC(C(=O)N1C[C@H](O)C[C@H]1C(=O)N[C@@H](C)c1ccc(-c2scnc2C)cc1)C(C)(C)C. The summed E-state index contributed by atoms with van der Waals surface area (Å²) in [6.45, 7) is 9.55. The lowest BCUT2D eigenvalue weighted by Gasteiger charge is -2.35. The minimum atomic E-state index is -0.827. The van der Waals surface area contributed by atoms with Gasteiger partial charge in [0, 0.05) is 25.8 Å². The summed E-state index contributed by atoms with van der Waals surface area (Å²) in [6.07, 6.45) is 8.00. The first-order chi connectivity index (χ1) is 18.9. The first kappa shape index (κ1) is 31.3. The Hall–Kier alpha value is -3.22. The highest BCUT2D eigenvalue weighted by atomic mass is 32.1. The number of carbonyl (C=O) groups excluding carboxylic acids is 3. The zero-order valence-corrected chi connectivity index (χ0v) is 25.0. The molecule has 1 saturated heterocycles. The molecule has 0 spiro atoms. The van der Waals surface area contributed by atoms with Crippen LogP contribution in [0, 0.1) is 24.7 Å². The van der Waals surface area contributed by atoms with Crippen molar-refractivity contribution in [3.63, 3.8) is 0 Å². The van der Waals surface area contributed by atoms with Crippen molar-refractivity contribution in [1.29, 1.82) is 0 Å². The maximum atomic E-state index is 13.7. The average molecular weight is 567 g/mol. The first-order valence-corrected chi connectivity index (χ1v) is 14.8. The van der Waals surface area contributed by atoms with Crippen LogP contribution in [0.2, 0.25) is 0 Å². The van der Waals surface area contributed by atoms with Crippen LogP contribution in [0.3, 0.4) is 0 Å². The van der Waals surface area contributed by atoms with Crippen LogP contribution in [0.5, 0.6) is 0 Å². The van der Waals surface area contributed by atoms with Crippen LogP contribution in [-0.2, 0) is 14.4 Å². The zero-order chi connectivity index (χ0) is 29.4. The van der Waals surface area contributed by atoms with E-state index in [-0.39, 0.29) is 36.7 Å². The zero-order valence-electron chi connectivity index (χ0n) is 24.2. The summed E-state index contributed by atoms with van der Waals surface area (Å²) >= 11 is 1.59. The molecule has 2 aromatic rings. The Morgan fingerprint density at radius 3 is 2.48 bits per heavy atom. The largest absolute Gasteiger partial charge is 0.391 e. The van der Waals surface area contributed by atoms with Crippen molar-refractivity contribution >= 4 is 29.1 Å². The minimum absolute atomic E-state index is 0.0444. The number of likely N-dealkylation sites (tertiary alicyclic amines) is 1. The van der Waals surface area contributed by atoms with Crippen molar-refractivity contribution in [3.05, 3.63) is 41.0 Å². The normalized spacial score (nSPS) is 18.6. The minimum Gasteiger partial charge on any atom is -0.391 e. The molecule has 1 aliphatic rings. The van der Waals surface area contributed by atoms with E-state index in [1.165, 1.54) is 4.90 Å². The molecule has 1 aliphatic heterocycles. The van der Waals surface area contributed by atoms with Gasteiger partial charge in [-0.2, -0.15) is 0 Å². The van der Waals surface area contributed by atoms with Gasteiger partial charge in [0.2, 0.25) is 17.7 Å². The number of unbranched alkanes of at least 4 members (excludes halogenated alkanes) is 3. The molecule has 3 rings (SSSR count). The second-order valence-corrected chi connectivity index (χ2v) is 12.5. The van der Waals surface area contributed by atoms with E-state index >= 15 is 0 Å². The molecule has 1 fully saturated rings. The molecule has 0 aliphatic carbocycles. The van der Waals surface area contributed by atoms with Crippen molar-refractivity contribution in [3.8, 4) is 22.8 Å². The van der Waals surface area contributed by atoms with Gasteiger partial charge in [0.15, 0.2) is 0 Å². The summed E-state index contributed by atoms with van der Waals surface area (Å²) < 4.78 is 0. The Labute approximate surface area is 242 Å². The van der Waals surface area contributed by atoms with E-state index in [9.17, 15) is 19.5 Å². The van der Waals surface area contributed by atoms with Gasteiger partial charge in [0.1, 0.15) is 12.1 Å². The molecule has 4 atom stereocenters. The molecule has 1 aromatic heterocycles. The van der Waals surface area contributed by atoms with Crippen molar-refractivity contribution in [1.82, 2.24) is 20.5 Å². The van der Waals surface area contributed by atoms with E-state index in [0.717, 1.165) is 34.5 Å². The second-order valence-electron chi connectivity index (χ2n) is 11.6. The molecule has 40 heavy (non-hydrogen) atoms. The predicted octanol–water partition coefficient (Wildman–Crippen LogP) is 4.37. The van der Waals surface area contributed by atoms with Crippen molar-refractivity contribution in [2.75, 3.05) is 6.54 Å². The fourth-order valence-electron chi connectivity index (χ4n) is 4.94. The molecule has 216 valence electrons. The number of carbonyl (C=O) groups is 3. The first-order valence-electron chi connectivity index (χ1n) is 13.9. The van der Waals surface area contributed by atoms with E-state index in [4.69, 9.17) is 6.42 Å². The molecule has 0 radical (unpaired) electrons. The molecular formula is C31H42N4O4S. The summed E-state index contributed by atoms with van der Waals surface area (Å²) in [7, 11) is 0. The highest BCUT2D eigenvalue weighted by Crippen LogP contribution is 2.29. The van der Waals surface area contributed by atoms with Crippen LogP contribution in [0.1, 0.15) is 83.5 Å². The predicted molar refractivity (Wildman–Crippen MR) is 158 cm³/mol. The molecule has 3 N–H and O–H groups in total. The summed E-state index contributed by atoms with van der Waals surface area (Å²) in [5, 5.41) is 16.4. The number of hydrogen-bond acceptors (Lipinski definition) is 6. The number of aryl methyl sites for hydroxylation is 1. The highest BCUT2D eigenvalue weighted by molar-refractivity contribution is 7.13. The number of benzene rings is 1. The molecule has 0 saturated carbocycles. The van der Waals surface area contributed by atoms with Crippen molar-refractivity contribution < 1.29 is 19.5 Å². The van der Waals surface area contributed by atoms with Crippen LogP contribution in [0.25, 0.3) is 10.4 Å². The second kappa shape index (κ2) is 13.9. The number of rotatable bonds is 11. The number of thiazole rings is 1. The van der Waals surface area contributed by atoms with Crippen LogP contribution < -0.4 is 10.6 Å². The van der Waals surface area contributed by atoms with Gasteiger partial charge >= 0.3 is 0 Å². The Morgan fingerprint density at radius 1 is 1.18 bits per heavy atom. The summed E-state index contributed by atoms with van der Waals surface area (Å²) in [6, 6.07) is 6.03. The third-order valence-corrected chi connectivity index (χ3v) is 8.26. The van der Waals surface area contributed by atoms with Gasteiger partial charge in [0.05, 0.1) is 28.2 Å². The van der Waals surface area contributed by atoms with Gasteiger partial charge < -0.3 is 20.6 Å². The topological polar surface area (TPSA) is 112 Å². The number of β-amino-alcohol motifs (C(OH)–C–C–N with tert-alkyl or cyclic N) is 1. The molecular weight excluding hydrogens is 524 g/mol. The van der Waals surface area contributed by atoms with E-state index in [2.05, 4.69) is 21.5 Å². The Morgan fingerprint density at radius 2 is 1.88 bits per heavy atom. The Balaban J connectivity index is 1.66. The van der Waals surface area contributed by atoms with Gasteiger partial charge in [-0.1, -0.05) is 51.5 Å². The summed E-state index contributed by atoms with van der Waals surface area (Å²) in [5.74, 6) is 1.70. The van der Waals surface area contributed by atoms with Gasteiger partial charge in [-0.05, 0) is 43.2 Å². The van der Waals surface area contributed by atoms with Crippen LogP contribution in [-0.4, -0.2) is 57.4 Å². The fourth-order valence-corrected chi connectivity index (χ4v) is 5.75. The summed E-state index contributed by atoms with van der Waals surface area (Å²) in [4.78, 5) is 46.7. The maximum absolute atomic E-state index is 13.7. The van der Waals surface area contributed by atoms with Crippen molar-refractivity contribution in [2.24, 2.45) is 5.41 Å². The molecule has 1 aromatic carbocycles. The molecule has 8 nitrogen and oxygen atoms in total. The van der Waals surface area contributed by atoms with Crippen LogP contribution in [0.15, 0.2) is 29.8 Å². The third kappa shape index (κ3) is 8.15. The number of terminal acetylenes is 1. The highest BCUT2D eigenvalue weighted by Gasteiger charge is 2.44. The van der Waals surface area contributed by atoms with Gasteiger partial charge in [-0.25, -0.2) is 4.98 Å². The lowest BCUT2D eigenvalue weighted by molar-refractivity contribution is -0.144. The number of aliphatic hydroxyl groups excluding tert-OH is 1. The van der Waals surface area contributed by atoms with Gasteiger partial charge in [-0.3, -0.25) is 14.4 Å². The number of aliphatic hydroxyl groups is 1. The third-order valence-electron chi connectivity index (χ3n) is 7.29. The number of hydrogen-bond donors (Lipinski definition) is 3. The molecule has 2 heterocycles. The lowest BCUT2D eigenvalue weighted by atomic mass is 9.85. The molecule has 3 amide bonds. The lowest BCUT2D eigenvalue weighted by Crippen LogP contribution is -2.57. The number of aromatic nitrogens is 1. The number of amides is 3. The van der Waals surface area contributed by atoms with E-state index < -0.39 is 23.6 Å². The Kier molecular flexibility index (Phi) is 10.9. The standard InChI is InChI=1S/C31H42N4O4S/c1-7-8-9-10-11-12-26(37)34-28(31(4,5)6)30(39)35-18-24(36)17-25(35)29(38)33-20(2)22-13-15-23(16-14-22)27-21(3)32-19-40-27/h1,13-16,19-20,24-25,28,36H,8-12,17-18H2,2-6H3,(H,33,38)(H,34,37)/t20-,24+,25-,28?/m0/s1. The smallest absolute Gasteiger partial charge is 0.246 e. The molecule has 1 unspecified atom stereocenters. The van der Waals surface area contributed by atoms with Crippen LogP contribution >= 0.6 is 11.3 Å². The molecule has 0 bridgehead atoms.